The Morgan fingerprint density at radius 1 is 0.897 bits per heavy atom. The van der Waals surface area contributed by atoms with Gasteiger partial charge in [0.05, 0.1) is 5.92 Å². The predicted molar refractivity (Wildman–Crippen MR) is 111 cm³/mol. The van der Waals surface area contributed by atoms with Crippen LogP contribution in [-0.4, -0.2) is 29.8 Å². The maximum Gasteiger partial charge on any atom is 0.407 e. The van der Waals surface area contributed by atoms with Crippen molar-refractivity contribution in [1.29, 1.82) is 0 Å². The standard InChI is InChI=1S/C24H27NO4/c26-23(27)20-13-3-1-2-4-14-22(20)25-24(28)29-15-21-18-11-7-5-9-16(18)17-10-6-8-12-19(17)21/h5-12,20-22H,1-4,13-15H2,(H,25,28)(H,26,27)/t20-,22-/m1/s1. The molecule has 1 amide bonds. The number of carbonyl (C=O) groups excluding carboxylic acids is 1. The maximum absolute atomic E-state index is 12.5. The van der Waals surface area contributed by atoms with E-state index in [1.165, 1.54) is 11.1 Å². The van der Waals surface area contributed by atoms with Gasteiger partial charge in [-0.3, -0.25) is 4.79 Å². The van der Waals surface area contributed by atoms with Gasteiger partial charge in [-0.25, -0.2) is 4.79 Å². The van der Waals surface area contributed by atoms with Crippen molar-refractivity contribution < 1.29 is 19.4 Å². The van der Waals surface area contributed by atoms with Crippen molar-refractivity contribution in [1.82, 2.24) is 5.32 Å². The van der Waals surface area contributed by atoms with E-state index in [1.807, 2.05) is 24.3 Å². The lowest BCUT2D eigenvalue weighted by Gasteiger charge is -2.27. The van der Waals surface area contributed by atoms with Crippen LogP contribution in [0.25, 0.3) is 11.1 Å². The normalized spacial score (nSPS) is 21.4. The Labute approximate surface area is 171 Å². The van der Waals surface area contributed by atoms with Gasteiger partial charge in [-0.1, -0.05) is 74.2 Å². The summed E-state index contributed by atoms with van der Waals surface area (Å²) in [6.45, 7) is 0.240. The van der Waals surface area contributed by atoms with Crippen LogP contribution in [0.3, 0.4) is 0 Å². The van der Waals surface area contributed by atoms with E-state index in [-0.39, 0.29) is 18.6 Å². The van der Waals surface area contributed by atoms with Gasteiger partial charge in [0.15, 0.2) is 0 Å². The number of carbonyl (C=O) groups is 2. The number of aliphatic carboxylic acids is 1. The van der Waals surface area contributed by atoms with Gasteiger partial charge in [0.25, 0.3) is 0 Å². The molecule has 1 fully saturated rings. The molecule has 152 valence electrons. The summed E-state index contributed by atoms with van der Waals surface area (Å²) < 4.78 is 5.60. The van der Waals surface area contributed by atoms with Gasteiger partial charge in [0, 0.05) is 12.0 Å². The van der Waals surface area contributed by atoms with E-state index < -0.39 is 18.0 Å². The Bertz CT molecular complexity index is 848. The van der Waals surface area contributed by atoms with Crippen LogP contribution in [0.2, 0.25) is 0 Å². The van der Waals surface area contributed by atoms with Crippen molar-refractivity contribution >= 4 is 12.1 Å². The lowest BCUT2D eigenvalue weighted by molar-refractivity contribution is -0.143. The van der Waals surface area contributed by atoms with E-state index in [1.54, 1.807) is 0 Å². The van der Waals surface area contributed by atoms with E-state index in [0.29, 0.717) is 12.8 Å². The third-order valence-corrected chi connectivity index (χ3v) is 6.23. The van der Waals surface area contributed by atoms with Crippen molar-refractivity contribution in [3.05, 3.63) is 59.7 Å². The fourth-order valence-corrected chi connectivity index (χ4v) is 4.74. The van der Waals surface area contributed by atoms with E-state index in [9.17, 15) is 14.7 Å². The SMILES string of the molecule is O=C(N[C@@H]1CCCCCC[C@H]1C(=O)O)OCC1c2ccccc2-c2ccccc21. The zero-order valence-corrected chi connectivity index (χ0v) is 16.5. The second-order valence-electron chi connectivity index (χ2n) is 8.01. The smallest absolute Gasteiger partial charge is 0.407 e. The van der Waals surface area contributed by atoms with Crippen LogP contribution < -0.4 is 5.32 Å². The minimum absolute atomic E-state index is 0.000698. The molecule has 2 aromatic rings. The van der Waals surface area contributed by atoms with Crippen LogP contribution in [0.4, 0.5) is 4.79 Å². The number of hydrogen-bond donors (Lipinski definition) is 2. The number of amides is 1. The Balaban J connectivity index is 1.43. The zero-order chi connectivity index (χ0) is 20.2. The minimum atomic E-state index is -0.837. The van der Waals surface area contributed by atoms with Crippen LogP contribution in [0.5, 0.6) is 0 Å². The molecule has 0 aromatic heterocycles. The predicted octanol–water partition coefficient (Wildman–Crippen LogP) is 4.95. The molecular formula is C24H27NO4. The number of carboxylic acid groups (broad SMARTS) is 1. The third-order valence-electron chi connectivity index (χ3n) is 6.23. The minimum Gasteiger partial charge on any atom is -0.481 e. The molecule has 1 saturated carbocycles. The Kier molecular flexibility index (Phi) is 5.84. The molecule has 0 bridgehead atoms. The van der Waals surface area contributed by atoms with Gasteiger partial charge in [0.1, 0.15) is 6.61 Å². The fraction of sp³-hybridized carbons (Fsp3) is 0.417. The highest BCUT2D eigenvalue weighted by atomic mass is 16.5. The first-order chi connectivity index (χ1) is 14.1. The van der Waals surface area contributed by atoms with Crippen LogP contribution in [0, 0.1) is 5.92 Å². The lowest BCUT2D eigenvalue weighted by atomic mass is 9.87. The lowest BCUT2D eigenvalue weighted by Crippen LogP contribution is -2.44. The monoisotopic (exact) mass is 393 g/mol. The molecule has 2 aliphatic carbocycles. The number of hydrogen-bond acceptors (Lipinski definition) is 3. The number of benzene rings is 2. The quantitative estimate of drug-likeness (QED) is 0.771. The number of carboxylic acids is 1. The molecule has 0 unspecified atom stereocenters. The van der Waals surface area contributed by atoms with Crippen LogP contribution in [0.15, 0.2) is 48.5 Å². The summed E-state index contributed by atoms with van der Waals surface area (Å²) in [7, 11) is 0. The highest BCUT2D eigenvalue weighted by molar-refractivity contribution is 5.79. The van der Waals surface area contributed by atoms with Crippen LogP contribution in [0.1, 0.15) is 55.6 Å². The molecule has 2 N–H and O–H groups in total. The zero-order valence-electron chi connectivity index (χ0n) is 16.5. The van der Waals surface area contributed by atoms with Gasteiger partial charge in [-0.05, 0) is 35.1 Å². The first-order valence-electron chi connectivity index (χ1n) is 10.5. The largest absolute Gasteiger partial charge is 0.481 e. The fourth-order valence-electron chi connectivity index (χ4n) is 4.74. The molecule has 2 aliphatic rings. The summed E-state index contributed by atoms with van der Waals surface area (Å²) in [4.78, 5) is 24.2. The summed E-state index contributed by atoms with van der Waals surface area (Å²) in [6.07, 6.45) is 4.71. The molecule has 0 saturated heterocycles. The highest BCUT2D eigenvalue weighted by Gasteiger charge is 2.32. The van der Waals surface area contributed by atoms with Gasteiger partial charge >= 0.3 is 12.1 Å². The van der Waals surface area contributed by atoms with Crippen molar-refractivity contribution in [3.63, 3.8) is 0 Å². The molecule has 2 aromatic carbocycles. The topological polar surface area (TPSA) is 75.6 Å². The molecule has 4 rings (SSSR count). The van der Waals surface area contributed by atoms with Gasteiger partial charge in [-0.2, -0.15) is 0 Å². The number of alkyl carbamates (subject to hydrolysis) is 1. The molecule has 0 aliphatic heterocycles. The van der Waals surface area contributed by atoms with E-state index >= 15 is 0 Å². The third kappa shape index (κ3) is 4.14. The molecule has 29 heavy (non-hydrogen) atoms. The molecule has 0 spiro atoms. The maximum atomic E-state index is 12.5. The van der Waals surface area contributed by atoms with E-state index in [0.717, 1.165) is 36.8 Å². The second-order valence-corrected chi connectivity index (χ2v) is 8.01. The van der Waals surface area contributed by atoms with Crippen LogP contribution in [-0.2, 0) is 9.53 Å². The number of rotatable bonds is 4. The van der Waals surface area contributed by atoms with Crippen LogP contribution >= 0.6 is 0 Å². The Morgan fingerprint density at radius 3 is 2.10 bits per heavy atom. The first kappa shape index (κ1) is 19.5. The second kappa shape index (κ2) is 8.68. The average Bonchev–Trinajstić information content (AvgIpc) is 3.02. The summed E-state index contributed by atoms with van der Waals surface area (Å²) in [5.74, 6) is -1.38. The van der Waals surface area contributed by atoms with E-state index in [2.05, 4.69) is 29.6 Å². The molecule has 5 nitrogen and oxygen atoms in total. The first-order valence-corrected chi connectivity index (χ1v) is 10.5. The summed E-state index contributed by atoms with van der Waals surface area (Å²) in [6, 6.07) is 16.0. The van der Waals surface area contributed by atoms with Crippen molar-refractivity contribution in [2.75, 3.05) is 6.61 Å². The summed E-state index contributed by atoms with van der Waals surface area (Å²) in [5, 5.41) is 12.4. The Hall–Kier alpha value is -2.82. The highest BCUT2D eigenvalue weighted by Crippen LogP contribution is 2.44. The molecule has 5 heteroatoms. The molecule has 2 atom stereocenters. The summed E-state index contributed by atoms with van der Waals surface area (Å²) in [5.41, 5.74) is 4.69. The number of fused-ring (bicyclic) bond motifs is 3. The number of ether oxygens (including phenoxy) is 1. The summed E-state index contributed by atoms with van der Waals surface area (Å²) >= 11 is 0. The van der Waals surface area contributed by atoms with E-state index in [4.69, 9.17) is 4.74 Å². The Morgan fingerprint density at radius 2 is 1.48 bits per heavy atom. The van der Waals surface area contributed by atoms with Gasteiger partial charge in [-0.15, -0.1) is 0 Å². The van der Waals surface area contributed by atoms with Gasteiger partial charge < -0.3 is 15.2 Å². The number of nitrogens with one attached hydrogen (secondary N) is 1. The molecule has 0 heterocycles. The molecule has 0 radical (unpaired) electrons. The average molecular weight is 393 g/mol. The van der Waals surface area contributed by atoms with Crippen molar-refractivity contribution in [2.45, 2.75) is 50.5 Å². The van der Waals surface area contributed by atoms with Crippen molar-refractivity contribution in [2.24, 2.45) is 5.92 Å². The van der Waals surface area contributed by atoms with Crippen molar-refractivity contribution in [3.8, 4) is 11.1 Å². The molecular weight excluding hydrogens is 366 g/mol. The van der Waals surface area contributed by atoms with Gasteiger partial charge in [0.2, 0.25) is 0 Å².